The Morgan fingerprint density at radius 1 is 1.17 bits per heavy atom. The Morgan fingerprint density at radius 2 is 1.89 bits per heavy atom. The topological polar surface area (TPSA) is 58.9 Å². The first-order valence-corrected chi connectivity index (χ1v) is 6.51. The highest BCUT2D eigenvalue weighted by Crippen LogP contribution is 2.49. The van der Waals surface area contributed by atoms with E-state index in [1.807, 2.05) is 0 Å². The minimum Gasteiger partial charge on any atom is -0.211 e. The van der Waals surface area contributed by atoms with Gasteiger partial charge in [0.25, 0.3) is 0 Å². The average molecular weight is 250 g/mol. The van der Waals surface area contributed by atoms with Crippen molar-refractivity contribution in [3.8, 4) is 0 Å². The molecule has 4 nitrogen and oxygen atoms in total. The van der Waals surface area contributed by atoms with E-state index in [-0.39, 0.29) is 16.9 Å². The number of hydrogen-bond donors (Lipinski definition) is 0. The Hall–Kier alpha value is -1.24. The van der Waals surface area contributed by atoms with Crippen molar-refractivity contribution in [2.45, 2.75) is 58.9 Å². The molecule has 2 unspecified atom stereocenters. The SMILES string of the molecule is CC1(C)CC(N=C=O)CC(C)(CCCN=C=O)C1. The number of rotatable bonds is 5. The second kappa shape index (κ2) is 6.08. The summed E-state index contributed by atoms with van der Waals surface area (Å²) in [6, 6.07) is 0.0887. The zero-order valence-electron chi connectivity index (χ0n) is 11.5. The van der Waals surface area contributed by atoms with Crippen LogP contribution in [0.4, 0.5) is 0 Å². The Morgan fingerprint density at radius 3 is 2.50 bits per heavy atom. The van der Waals surface area contributed by atoms with Gasteiger partial charge in [-0.3, -0.25) is 0 Å². The van der Waals surface area contributed by atoms with Crippen LogP contribution in [0.15, 0.2) is 9.98 Å². The van der Waals surface area contributed by atoms with Crippen molar-refractivity contribution in [3.05, 3.63) is 0 Å². The van der Waals surface area contributed by atoms with Crippen LogP contribution in [0.5, 0.6) is 0 Å². The minimum absolute atomic E-state index is 0.0887. The highest BCUT2D eigenvalue weighted by Gasteiger charge is 2.40. The molecule has 0 heterocycles. The van der Waals surface area contributed by atoms with Crippen LogP contribution < -0.4 is 0 Å². The molecule has 0 bridgehead atoms. The van der Waals surface area contributed by atoms with Gasteiger partial charge in [-0.15, -0.1) is 0 Å². The van der Waals surface area contributed by atoms with Crippen molar-refractivity contribution in [2.75, 3.05) is 6.54 Å². The summed E-state index contributed by atoms with van der Waals surface area (Å²) < 4.78 is 0. The maximum Gasteiger partial charge on any atom is 0.235 e. The third-order valence-electron chi connectivity index (χ3n) is 3.77. The van der Waals surface area contributed by atoms with E-state index in [2.05, 4.69) is 30.8 Å². The number of carbonyl (C=O) groups excluding carboxylic acids is 2. The molecule has 0 aromatic heterocycles. The number of nitrogens with zero attached hydrogens (tertiary/aromatic N) is 2. The summed E-state index contributed by atoms with van der Waals surface area (Å²) in [4.78, 5) is 28.0. The van der Waals surface area contributed by atoms with E-state index in [0.717, 1.165) is 32.1 Å². The highest BCUT2D eigenvalue weighted by atomic mass is 16.1. The molecule has 1 aliphatic rings. The Balaban J connectivity index is 2.66. The van der Waals surface area contributed by atoms with Crippen molar-refractivity contribution >= 4 is 12.2 Å². The van der Waals surface area contributed by atoms with Gasteiger partial charge in [0.15, 0.2) is 0 Å². The van der Waals surface area contributed by atoms with Crippen molar-refractivity contribution in [1.29, 1.82) is 0 Å². The molecule has 0 aromatic carbocycles. The van der Waals surface area contributed by atoms with E-state index in [1.54, 1.807) is 12.2 Å². The molecule has 0 aliphatic heterocycles. The van der Waals surface area contributed by atoms with E-state index in [4.69, 9.17) is 0 Å². The normalized spacial score (nSPS) is 30.1. The smallest absolute Gasteiger partial charge is 0.211 e. The molecular formula is C14H22N2O2. The number of aliphatic imine (C=N–C) groups is 2. The van der Waals surface area contributed by atoms with E-state index in [1.165, 1.54) is 0 Å². The third-order valence-corrected chi connectivity index (χ3v) is 3.77. The molecule has 18 heavy (non-hydrogen) atoms. The largest absolute Gasteiger partial charge is 0.235 e. The van der Waals surface area contributed by atoms with Crippen LogP contribution in [-0.2, 0) is 9.59 Å². The van der Waals surface area contributed by atoms with Gasteiger partial charge in [-0.25, -0.2) is 19.6 Å². The molecular weight excluding hydrogens is 228 g/mol. The lowest BCUT2D eigenvalue weighted by molar-refractivity contribution is 0.0755. The minimum atomic E-state index is 0.0887. The van der Waals surface area contributed by atoms with Crippen LogP contribution in [0.2, 0.25) is 0 Å². The van der Waals surface area contributed by atoms with Crippen molar-refractivity contribution in [1.82, 2.24) is 0 Å². The first-order chi connectivity index (χ1) is 8.41. The van der Waals surface area contributed by atoms with Crippen molar-refractivity contribution in [3.63, 3.8) is 0 Å². The second-order valence-corrected chi connectivity index (χ2v) is 6.51. The van der Waals surface area contributed by atoms with Crippen molar-refractivity contribution < 1.29 is 9.59 Å². The molecule has 0 N–H and O–H groups in total. The molecule has 1 aliphatic carbocycles. The van der Waals surface area contributed by atoms with Gasteiger partial charge in [0.05, 0.1) is 12.6 Å². The zero-order valence-corrected chi connectivity index (χ0v) is 11.5. The lowest BCUT2D eigenvalue weighted by Gasteiger charge is -2.45. The van der Waals surface area contributed by atoms with E-state index < -0.39 is 0 Å². The lowest BCUT2D eigenvalue weighted by atomic mass is 9.61. The van der Waals surface area contributed by atoms with Gasteiger partial charge in [0.2, 0.25) is 12.2 Å². The van der Waals surface area contributed by atoms with Crippen molar-refractivity contribution in [2.24, 2.45) is 20.8 Å². The summed E-state index contributed by atoms with van der Waals surface area (Å²) in [7, 11) is 0. The van der Waals surface area contributed by atoms with Crippen LogP contribution in [0.1, 0.15) is 52.9 Å². The van der Waals surface area contributed by atoms with Crippen LogP contribution in [0.3, 0.4) is 0 Å². The molecule has 0 saturated heterocycles. The summed E-state index contributed by atoms with van der Waals surface area (Å²) >= 11 is 0. The maximum absolute atomic E-state index is 10.4. The maximum atomic E-state index is 10.4. The molecule has 100 valence electrons. The average Bonchev–Trinajstić information content (AvgIpc) is 2.22. The van der Waals surface area contributed by atoms with Gasteiger partial charge in [-0.05, 0) is 42.9 Å². The molecule has 0 radical (unpaired) electrons. The Kier molecular flexibility index (Phi) is 5.01. The summed E-state index contributed by atoms with van der Waals surface area (Å²) in [6.45, 7) is 7.23. The predicted molar refractivity (Wildman–Crippen MR) is 69.9 cm³/mol. The van der Waals surface area contributed by atoms with Crippen LogP contribution in [-0.4, -0.2) is 24.7 Å². The van der Waals surface area contributed by atoms with Gasteiger partial charge < -0.3 is 0 Å². The molecule has 0 spiro atoms. The molecule has 1 rings (SSSR count). The van der Waals surface area contributed by atoms with Gasteiger partial charge in [-0.1, -0.05) is 20.8 Å². The monoisotopic (exact) mass is 250 g/mol. The summed E-state index contributed by atoms with van der Waals surface area (Å²) in [5.41, 5.74) is 0.372. The van der Waals surface area contributed by atoms with E-state index >= 15 is 0 Å². The molecule has 1 saturated carbocycles. The van der Waals surface area contributed by atoms with Crippen LogP contribution in [0.25, 0.3) is 0 Å². The summed E-state index contributed by atoms with van der Waals surface area (Å²) in [6.07, 6.45) is 8.15. The van der Waals surface area contributed by atoms with Gasteiger partial charge >= 0.3 is 0 Å². The highest BCUT2D eigenvalue weighted by molar-refractivity contribution is 5.33. The third kappa shape index (κ3) is 4.56. The second-order valence-electron chi connectivity index (χ2n) is 6.51. The molecule has 2 atom stereocenters. The van der Waals surface area contributed by atoms with Gasteiger partial charge in [0, 0.05) is 0 Å². The quantitative estimate of drug-likeness (QED) is 0.428. The molecule has 4 heteroatoms. The lowest BCUT2D eigenvalue weighted by Crippen LogP contribution is -2.37. The molecule has 1 fully saturated rings. The first kappa shape index (κ1) is 14.8. The molecule has 0 amide bonds. The Labute approximate surface area is 109 Å². The predicted octanol–water partition coefficient (Wildman–Crippen LogP) is 3.02. The standard InChI is InChI=1S/C14H22N2O2/c1-13(2)7-12(16-11-18)8-14(3,9-13)5-4-6-15-10-17/h12H,4-9H2,1-3H3. The van der Waals surface area contributed by atoms with E-state index in [9.17, 15) is 9.59 Å². The fraction of sp³-hybridized carbons (Fsp3) is 0.857. The zero-order chi connectivity index (χ0) is 13.6. The van der Waals surface area contributed by atoms with E-state index in [0.29, 0.717) is 6.54 Å². The van der Waals surface area contributed by atoms with Crippen LogP contribution in [0, 0.1) is 10.8 Å². The summed E-state index contributed by atoms with van der Waals surface area (Å²) in [5, 5.41) is 0. The Bertz CT molecular complexity index is 379. The van der Waals surface area contributed by atoms with Crippen LogP contribution >= 0.6 is 0 Å². The van der Waals surface area contributed by atoms with Gasteiger partial charge in [0.1, 0.15) is 0 Å². The fourth-order valence-corrected chi connectivity index (χ4v) is 3.57. The van der Waals surface area contributed by atoms with Gasteiger partial charge in [-0.2, -0.15) is 0 Å². The number of isocyanates is 2. The fourth-order valence-electron chi connectivity index (χ4n) is 3.57. The number of hydrogen-bond acceptors (Lipinski definition) is 4. The molecule has 0 aromatic rings. The first-order valence-electron chi connectivity index (χ1n) is 6.51. The summed E-state index contributed by atoms with van der Waals surface area (Å²) in [5.74, 6) is 0.